The van der Waals surface area contributed by atoms with E-state index in [0.717, 1.165) is 5.39 Å². The number of hydrogen-bond acceptors (Lipinski definition) is 8. The zero-order chi connectivity index (χ0) is 26.8. The number of nitrogens with two attached hydrogens (primary N) is 1. The van der Waals surface area contributed by atoms with Gasteiger partial charge in [0.2, 0.25) is 0 Å². The van der Waals surface area contributed by atoms with Crippen LogP contribution < -0.4 is 21.3 Å². The molecule has 3 heterocycles. The fraction of sp³-hybridized carbons (Fsp3) is 0.143. The Labute approximate surface area is 218 Å². The summed E-state index contributed by atoms with van der Waals surface area (Å²) in [7, 11) is 1.50. The Morgan fingerprint density at radius 3 is 2.45 bits per heavy atom. The molecular formula is C28H25N7O3. The number of aromatic nitrogens is 5. The van der Waals surface area contributed by atoms with E-state index in [9.17, 15) is 9.59 Å². The summed E-state index contributed by atoms with van der Waals surface area (Å²) in [5, 5.41) is 4.53. The second-order valence-corrected chi connectivity index (χ2v) is 8.68. The molecule has 190 valence electrons. The van der Waals surface area contributed by atoms with Crippen molar-refractivity contribution >= 4 is 22.5 Å². The van der Waals surface area contributed by atoms with Crippen LogP contribution in [-0.2, 0) is 0 Å². The fourth-order valence-electron chi connectivity index (χ4n) is 4.38. The average Bonchev–Trinajstić information content (AvgIpc) is 2.93. The molecule has 0 fully saturated rings. The van der Waals surface area contributed by atoms with E-state index < -0.39 is 11.9 Å². The summed E-state index contributed by atoms with van der Waals surface area (Å²) in [5.41, 5.74) is 8.27. The maximum absolute atomic E-state index is 14.2. The Morgan fingerprint density at radius 2 is 1.76 bits per heavy atom. The van der Waals surface area contributed by atoms with Gasteiger partial charge in [0.25, 0.3) is 11.5 Å². The highest BCUT2D eigenvalue weighted by molar-refractivity contribution is 5.98. The summed E-state index contributed by atoms with van der Waals surface area (Å²) in [5.74, 6) is 0.133. The fourth-order valence-corrected chi connectivity index (χ4v) is 4.38. The first-order chi connectivity index (χ1) is 18.4. The molecule has 1 amide bonds. The first kappa shape index (κ1) is 24.6. The lowest BCUT2D eigenvalue weighted by Crippen LogP contribution is -2.26. The lowest BCUT2D eigenvalue weighted by Gasteiger charge is -2.22. The molecule has 10 nitrogen and oxygen atoms in total. The number of para-hydroxylation sites is 1. The Bertz CT molecular complexity index is 1700. The van der Waals surface area contributed by atoms with Gasteiger partial charge in [0.15, 0.2) is 0 Å². The van der Waals surface area contributed by atoms with Crippen LogP contribution >= 0.6 is 0 Å². The van der Waals surface area contributed by atoms with E-state index in [1.807, 2.05) is 61.5 Å². The van der Waals surface area contributed by atoms with Crippen molar-refractivity contribution in [2.75, 3.05) is 12.4 Å². The van der Waals surface area contributed by atoms with E-state index in [2.05, 4.69) is 25.3 Å². The van der Waals surface area contributed by atoms with Gasteiger partial charge in [0, 0.05) is 35.5 Å². The minimum absolute atomic E-state index is 0.165. The largest absolute Gasteiger partial charge is 0.467 e. The van der Waals surface area contributed by atoms with Crippen LogP contribution in [0.15, 0.2) is 78.0 Å². The minimum Gasteiger partial charge on any atom is -0.467 e. The van der Waals surface area contributed by atoms with Crippen LogP contribution in [0.5, 0.6) is 6.01 Å². The van der Waals surface area contributed by atoms with Gasteiger partial charge < -0.3 is 15.8 Å². The lowest BCUT2D eigenvalue weighted by atomic mass is 9.99. The Hall–Kier alpha value is -5.12. The highest BCUT2D eigenvalue weighted by Gasteiger charge is 2.21. The number of ether oxygens (including phenoxy) is 1. The van der Waals surface area contributed by atoms with E-state index in [1.54, 1.807) is 23.9 Å². The molecule has 0 bridgehead atoms. The van der Waals surface area contributed by atoms with Gasteiger partial charge >= 0.3 is 6.01 Å². The number of amides is 1. The van der Waals surface area contributed by atoms with Crippen molar-refractivity contribution in [3.05, 3.63) is 101 Å². The molecule has 5 rings (SSSR count). The molecule has 0 aliphatic rings. The number of pyridine rings is 1. The molecule has 38 heavy (non-hydrogen) atoms. The van der Waals surface area contributed by atoms with Crippen molar-refractivity contribution in [1.82, 2.24) is 24.5 Å². The highest BCUT2D eigenvalue weighted by Crippen LogP contribution is 2.30. The number of fused-ring (bicyclic) bond motifs is 1. The molecule has 0 aliphatic carbocycles. The second-order valence-electron chi connectivity index (χ2n) is 8.68. The summed E-state index contributed by atoms with van der Waals surface area (Å²) in [6, 6.07) is 16.8. The van der Waals surface area contributed by atoms with Crippen LogP contribution in [0.2, 0.25) is 0 Å². The molecule has 5 aromatic rings. The number of nitrogens with one attached hydrogen (secondary N) is 1. The van der Waals surface area contributed by atoms with Gasteiger partial charge in [-0.2, -0.15) is 0 Å². The molecular weight excluding hydrogens is 482 g/mol. The van der Waals surface area contributed by atoms with E-state index >= 15 is 0 Å². The normalized spacial score (nSPS) is 11.8. The summed E-state index contributed by atoms with van der Waals surface area (Å²) in [4.78, 5) is 43.1. The molecule has 0 spiro atoms. The molecule has 0 radical (unpaired) electrons. The second kappa shape index (κ2) is 10.1. The van der Waals surface area contributed by atoms with Crippen LogP contribution in [-0.4, -0.2) is 37.5 Å². The number of nitrogens with zero attached hydrogens (tertiary/aromatic N) is 5. The highest BCUT2D eigenvalue weighted by atomic mass is 16.5. The molecule has 0 saturated heterocycles. The molecule has 0 saturated carbocycles. The Kier molecular flexibility index (Phi) is 6.53. The summed E-state index contributed by atoms with van der Waals surface area (Å²) in [6.07, 6.45) is 4.66. The van der Waals surface area contributed by atoms with Crippen LogP contribution in [0.4, 0.5) is 5.82 Å². The zero-order valence-electron chi connectivity index (χ0n) is 21.0. The zero-order valence-corrected chi connectivity index (χ0v) is 21.0. The van der Waals surface area contributed by atoms with Crippen molar-refractivity contribution in [3.63, 3.8) is 0 Å². The molecule has 1 atom stereocenters. The molecule has 3 N–H and O–H groups in total. The first-order valence-corrected chi connectivity index (χ1v) is 11.9. The van der Waals surface area contributed by atoms with Gasteiger partial charge in [0.1, 0.15) is 11.6 Å². The molecule has 2 aromatic carbocycles. The summed E-state index contributed by atoms with van der Waals surface area (Å²) >= 11 is 0. The van der Waals surface area contributed by atoms with E-state index in [4.69, 9.17) is 10.5 Å². The van der Waals surface area contributed by atoms with Crippen molar-refractivity contribution in [2.45, 2.75) is 19.9 Å². The van der Waals surface area contributed by atoms with Crippen LogP contribution in [0.1, 0.15) is 34.8 Å². The number of benzene rings is 2. The quantitative estimate of drug-likeness (QED) is 0.339. The third kappa shape index (κ3) is 4.55. The van der Waals surface area contributed by atoms with E-state index in [-0.39, 0.29) is 17.1 Å². The smallest absolute Gasteiger partial charge is 0.316 e. The molecule has 0 aliphatic heterocycles. The van der Waals surface area contributed by atoms with Crippen molar-refractivity contribution in [1.29, 1.82) is 0 Å². The summed E-state index contributed by atoms with van der Waals surface area (Å²) in [6.45, 7) is 3.62. The predicted molar refractivity (Wildman–Crippen MR) is 144 cm³/mol. The number of rotatable bonds is 7. The van der Waals surface area contributed by atoms with Gasteiger partial charge in [-0.1, -0.05) is 36.4 Å². The average molecular weight is 508 g/mol. The van der Waals surface area contributed by atoms with Gasteiger partial charge in [-0.15, -0.1) is 0 Å². The topological polar surface area (TPSA) is 138 Å². The van der Waals surface area contributed by atoms with Crippen LogP contribution in [0.25, 0.3) is 27.6 Å². The number of hydrogen-bond donors (Lipinski definition) is 2. The van der Waals surface area contributed by atoms with Crippen LogP contribution in [0.3, 0.4) is 0 Å². The van der Waals surface area contributed by atoms with Gasteiger partial charge in [-0.3, -0.25) is 14.2 Å². The van der Waals surface area contributed by atoms with Gasteiger partial charge in [-0.25, -0.2) is 19.9 Å². The lowest BCUT2D eigenvalue weighted by molar-refractivity contribution is 0.100. The van der Waals surface area contributed by atoms with Crippen molar-refractivity contribution in [3.8, 4) is 22.8 Å². The number of carbonyl (C=O) groups excluding carboxylic acids is 1. The van der Waals surface area contributed by atoms with Gasteiger partial charge in [-0.05, 0) is 43.0 Å². The molecule has 3 aromatic heterocycles. The number of methoxy groups -OCH3 is 1. The number of anilines is 1. The molecule has 10 heteroatoms. The monoisotopic (exact) mass is 507 g/mol. The third-order valence-electron chi connectivity index (χ3n) is 6.18. The maximum Gasteiger partial charge on any atom is 0.316 e. The first-order valence-electron chi connectivity index (χ1n) is 11.9. The Balaban J connectivity index is 1.72. The van der Waals surface area contributed by atoms with Crippen molar-refractivity contribution in [2.24, 2.45) is 5.73 Å². The standard InChI is InChI=1S/C28H25N7O3/c1-16(33-26-22(25(29)36)15-30-17(2)34-26)23-12-18-8-7-11-21(19-13-31-28(38-3)32-14-19)24(18)27(37)35(23)20-9-5-4-6-10-20/h4-16H,1-3H3,(H2,29,36)(H,30,33,34)/t16-/m0/s1. The number of carbonyl (C=O) groups is 1. The predicted octanol–water partition coefficient (Wildman–Crippen LogP) is 3.83. The summed E-state index contributed by atoms with van der Waals surface area (Å²) < 4.78 is 6.74. The van der Waals surface area contributed by atoms with E-state index in [0.29, 0.717) is 39.5 Å². The maximum atomic E-state index is 14.2. The van der Waals surface area contributed by atoms with E-state index in [1.165, 1.54) is 13.3 Å². The number of primary amides is 1. The van der Waals surface area contributed by atoms with Crippen LogP contribution in [0, 0.1) is 6.92 Å². The third-order valence-corrected chi connectivity index (χ3v) is 6.18. The number of aryl methyl sites for hydroxylation is 1. The SMILES string of the molecule is COc1ncc(-c2cccc3cc([C@H](C)Nc4nc(C)ncc4C(N)=O)n(-c4ccccc4)c(=O)c23)cn1. The minimum atomic E-state index is -0.648. The van der Waals surface area contributed by atoms with Gasteiger partial charge in [0.05, 0.1) is 24.1 Å². The van der Waals surface area contributed by atoms with Crippen molar-refractivity contribution < 1.29 is 9.53 Å². The Morgan fingerprint density at radius 1 is 1.03 bits per heavy atom. The molecule has 0 unspecified atom stereocenters.